The molecule has 0 fully saturated rings. The third-order valence-corrected chi connectivity index (χ3v) is 6.17. The SMILES string of the molecule is CC(Nc1ncnc2cc(-c3ccc(F)cc3)sc12)c1ccc(-n2ccnc2)cc1. The minimum atomic E-state index is -0.241. The molecular formula is C23H18FN5S. The molecule has 5 nitrogen and oxygen atoms in total. The molecule has 0 amide bonds. The third-order valence-electron chi connectivity index (χ3n) is 4.99. The number of nitrogens with zero attached hydrogens (tertiary/aromatic N) is 4. The average Bonchev–Trinajstić information content (AvgIpc) is 3.45. The quantitative estimate of drug-likeness (QED) is 0.391. The van der Waals surface area contributed by atoms with Gasteiger partial charge in [-0.1, -0.05) is 24.3 Å². The Morgan fingerprint density at radius 3 is 2.57 bits per heavy atom. The zero-order valence-corrected chi connectivity index (χ0v) is 17.0. The van der Waals surface area contributed by atoms with E-state index in [1.807, 2.05) is 16.8 Å². The van der Waals surface area contributed by atoms with Gasteiger partial charge < -0.3 is 9.88 Å². The zero-order valence-electron chi connectivity index (χ0n) is 16.2. The van der Waals surface area contributed by atoms with Crippen molar-refractivity contribution in [2.75, 3.05) is 5.32 Å². The van der Waals surface area contributed by atoms with Crippen LogP contribution in [0.25, 0.3) is 26.3 Å². The van der Waals surface area contributed by atoms with Crippen molar-refractivity contribution in [3.63, 3.8) is 0 Å². The fraction of sp³-hybridized carbons (Fsp3) is 0.0870. The Balaban J connectivity index is 1.41. The van der Waals surface area contributed by atoms with E-state index in [-0.39, 0.29) is 11.9 Å². The summed E-state index contributed by atoms with van der Waals surface area (Å²) < 4.78 is 16.2. The molecular weight excluding hydrogens is 397 g/mol. The highest BCUT2D eigenvalue weighted by Gasteiger charge is 2.13. The summed E-state index contributed by atoms with van der Waals surface area (Å²) in [6.07, 6.45) is 7.04. The van der Waals surface area contributed by atoms with E-state index in [9.17, 15) is 4.39 Å². The second-order valence-corrected chi connectivity index (χ2v) is 8.03. The third kappa shape index (κ3) is 3.55. The Kier molecular flexibility index (Phi) is 4.72. The molecule has 0 bridgehead atoms. The van der Waals surface area contributed by atoms with Crippen LogP contribution in [-0.2, 0) is 0 Å². The van der Waals surface area contributed by atoms with Crippen LogP contribution in [0.1, 0.15) is 18.5 Å². The summed E-state index contributed by atoms with van der Waals surface area (Å²) in [4.78, 5) is 14.0. The number of fused-ring (bicyclic) bond motifs is 1. The number of halogens is 1. The lowest BCUT2D eigenvalue weighted by Crippen LogP contribution is -2.08. The van der Waals surface area contributed by atoms with E-state index < -0.39 is 0 Å². The molecule has 0 spiro atoms. The number of aromatic nitrogens is 4. The molecule has 0 aliphatic rings. The maximum atomic E-state index is 13.2. The summed E-state index contributed by atoms with van der Waals surface area (Å²) >= 11 is 1.60. The number of hydrogen-bond acceptors (Lipinski definition) is 5. The summed E-state index contributed by atoms with van der Waals surface area (Å²) in [6.45, 7) is 2.11. The number of imidazole rings is 1. The summed E-state index contributed by atoms with van der Waals surface area (Å²) in [5, 5.41) is 3.51. The average molecular weight is 415 g/mol. The molecule has 0 saturated carbocycles. The Morgan fingerprint density at radius 1 is 1.03 bits per heavy atom. The summed E-state index contributed by atoms with van der Waals surface area (Å²) in [6, 6.07) is 16.9. The lowest BCUT2D eigenvalue weighted by molar-refractivity contribution is 0.628. The van der Waals surface area contributed by atoms with Gasteiger partial charge in [-0.2, -0.15) is 0 Å². The van der Waals surface area contributed by atoms with Crippen molar-refractivity contribution in [3.8, 4) is 16.1 Å². The zero-order chi connectivity index (χ0) is 20.5. The maximum absolute atomic E-state index is 13.2. The van der Waals surface area contributed by atoms with Gasteiger partial charge in [0, 0.05) is 29.0 Å². The van der Waals surface area contributed by atoms with Crippen LogP contribution in [0, 0.1) is 5.82 Å². The summed E-state index contributed by atoms with van der Waals surface area (Å²) in [7, 11) is 0. The molecule has 0 aliphatic carbocycles. The second kappa shape index (κ2) is 7.68. The van der Waals surface area contributed by atoms with E-state index in [2.05, 4.69) is 51.5 Å². The summed E-state index contributed by atoms with van der Waals surface area (Å²) in [5.41, 5.74) is 4.06. The number of anilines is 1. The number of thiophene rings is 1. The van der Waals surface area contributed by atoms with Crippen LogP contribution in [0.3, 0.4) is 0 Å². The Labute approximate surface area is 176 Å². The minimum absolute atomic E-state index is 0.0660. The fourth-order valence-electron chi connectivity index (χ4n) is 3.35. The molecule has 1 unspecified atom stereocenters. The van der Waals surface area contributed by atoms with Crippen molar-refractivity contribution in [1.29, 1.82) is 0 Å². The van der Waals surface area contributed by atoms with Crippen LogP contribution >= 0.6 is 11.3 Å². The van der Waals surface area contributed by atoms with E-state index in [1.165, 1.54) is 12.1 Å². The monoisotopic (exact) mass is 415 g/mol. The molecule has 7 heteroatoms. The van der Waals surface area contributed by atoms with Gasteiger partial charge in [0.15, 0.2) is 0 Å². The number of hydrogen-bond donors (Lipinski definition) is 1. The molecule has 1 atom stereocenters. The molecule has 0 radical (unpaired) electrons. The predicted octanol–water partition coefficient (Wildman–Crippen LogP) is 5.86. The molecule has 148 valence electrons. The van der Waals surface area contributed by atoms with Gasteiger partial charge in [0.2, 0.25) is 0 Å². The van der Waals surface area contributed by atoms with Crippen molar-refractivity contribution in [3.05, 3.63) is 91.0 Å². The molecule has 5 aromatic rings. The molecule has 2 aromatic carbocycles. The van der Waals surface area contributed by atoms with E-state index >= 15 is 0 Å². The lowest BCUT2D eigenvalue weighted by atomic mass is 10.1. The first-order chi connectivity index (χ1) is 14.7. The first kappa shape index (κ1) is 18.4. The van der Waals surface area contributed by atoms with E-state index in [1.54, 1.807) is 42.3 Å². The molecule has 3 heterocycles. The number of benzene rings is 2. The molecule has 0 aliphatic heterocycles. The van der Waals surface area contributed by atoms with Crippen LogP contribution in [0.15, 0.2) is 79.6 Å². The smallest absolute Gasteiger partial charge is 0.147 e. The fourth-order valence-corrected chi connectivity index (χ4v) is 4.42. The van der Waals surface area contributed by atoms with E-state index in [0.717, 1.165) is 37.7 Å². The Bertz CT molecular complexity index is 1280. The highest BCUT2D eigenvalue weighted by Crippen LogP contribution is 2.36. The van der Waals surface area contributed by atoms with Gasteiger partial charge in [0.25, 0.3) is 0 Å². The number of rotatable bonds is 5. The van der Waals surface area contributed by atoms with Gasteiger partial charge in [0.1, 0.15) is 18.0 Å². The van der Waals surface area contributed by atoms with Crippen LogP contribution in [0.2, 0.25) is 0 Å². The Morgan fingerprint density at radius 2 is 1.83 bits per heavy atom. The maximum Gasteiger partial charge on any atom is 0.147 e. The highest BCUT2D eigenvalue weighted by atomic mass is 32.1. The van der Waals surface area contributed by atoms with Crippen molar-refractivity contribution < 1.29 is 4.39 Å². The molecule has 0 saturated heterocycles. The normalized spacial score (nSPS) is 12.2. The van der Waals surface area contributed by atoms with Crippen LogP contribution in [-0.4, -0.2) is 19.5 Å². The van der Waals surface area contributed by atoms with Crippen molar-refractivity contribution in [2.24, 2.45) is 0 Å². The van der Waals surface area contributed by atoms with Crippen molar-refractivity contribution in [1.82, 2.24) is 19.5 Å². The van der Waals surface area contributed by atoms with Gasteiger partial charge >= 0.3 is 0 Å². The van der Waals surface area contributed by atoms with Gasteiger partial charge in [-0.05, 0) is 48.4 Å². The largest absolute Gasteiger partial charge is 0.362 e. The first-order valence-corrected chi connectivity index (χ1v) is 10.3. The van der Waals surface area contributed by atoms with Crippen LogP contribution < -0.4 is 5.32 Å². The molecule has 1 N–H and O–H groups in total. The van der Waals surface area contributed by atoms with Crippen LogP contribution in [0.4, 0.5) is 10.2 Å². The summed E-state index contributed by atoms with van der Waals surface area (Å²) in [5.74, 6) is 0.555. The Hall–Kier alpha value is -3.58. The van der Waals surface area contributed by atoms with E-state index in [4.69, 9.17) is 0 Å². The highest BCUT2D eigenvalue weighted by molar-refractivity contribution is 7.22. The van der Waals surface area contributed by atoms with Gasteiger partial charge in [0.05, 0.1) is 16.5 Å². The van der Waals surface area contributed by atoms with Crippen LogP contribution in [0.5, 0.6) is 0 Å². The number of nitrogens with one attached hydrogen (secondary N) is 1. The molecule has 3 aromatic heterocycles. The predicted molar refractivity (Wildman–Crippen MR) is 118 cm³/mol. The standard InChI is InChI=1S/C23H18FN5S/c1-15(16-4-8-19(9-5-16)29-11-10-25-14-29)28-23-22-20(26-13-27-23)12-21(30-22)17-2-6-18(24)7-3-17/h2-15H,1H3,(H,26,27,28). The van der Waals surface area contributed by atoms with Crippen molar-refractivity contribution in [2.45, 2.75) is 13.0 Å². The molecule has 5 rings (SSSR count). The van der Waals surface area contributed by atoms with Crippen molar-refractivity contribution >= 4 is 27.4 Å². The van der Waals surface area contributed by atoms with E-state index in [0.29, 0.717) is 0 Å². The topological polar surface area (TPSA) is 55.6 Å². The van der Waals surface area contributed by atoms with Gasteiger partial charge in [-0.3, -0.25) is 0 Å². The first-order valence-electron chi connectivity index (χ1n) is 9.53. The minimum Gasteiger partial charge on any atom is -0.362 e. The molecule has 30 heavy (non-hydrogen) atoms. The van der Waals surface area contributed by atoms with Gasteiger partial charge in [-0.25, -0.2) is 19.3 Å². The lowest BCUT2D eigenvalue weighted by Gasteiger charge is -2.16. The van der Waals surface area contributed by atoms with Gasteiger partial charge in [-0.15, -0.1) is 11.3 Å². The second-order valence-electron chi connectivity index (χ2n) is 6.98.